The third-order valence-corrected chi connectivity index (χ3v) is 4.33. The van der Waals surface area contributed by atoms with Gasteiger partial charge in [-0.15, -0.1) is 5.10 Å². The smallest absolute Gasteiger partial charge is 0.249 e. The summed E-state index contributed by atoms with van der Waals surface area (Å²) in [5.74, 6) is 1.56. The summed E-state index contributed by atoms with van der Waals surface area (Å²) >= 11 is 6.14. The summed E-state index contributed by atoms with van der Waals surface area (Å²) in [5, 5.41) is 15.0. The number of rotatable bonds is 6. The molecule has 0 aliphatic carbocycles. The van der Waals surface area contributed by atoms with E-state index in [-0.39, 0.29) is 0 Å². The minimum Gasteiger partial charge on any atom is -0.495 e. The average Bonchev–Trinajstić information content (AvgIpc) is 2.65. The quantitative estimate of drug-likeness (QED) is 0.644. The van der Waals surface area contributed by atoms with Crippen molar-refractivity contribution in [3.05, 3.63) is 58.7 Å². The number of methoxy groups -OCH3 is 1. The van der Waals surface area contributed by atoms with Crippen molar-refractivity contribution < 1.29 is 4.74 Å². The molecule has 134 valence electrons. The number of benzene rings is 2. The fourth-order valence-electron chi connectivity index (χ4n) is 2.44. The Labute approximate surface area is 157 Å². The second kappa shape index (κ2) is 8.01. The van der Waals surface area contributed by atoms with Crippen LogP contribution in [0.25, 0.3) is 0 Å². The number of halogens is 1. The predicted octanol–water partition coefficient (Wildman–Crippen LogP) is 4.89. The van der Waals surface area contributed by atoms with E-state index in [1.54, 1.807) is 19.4 Å². The van der Waals surface area contributed by atoms with Gasteiger partial charge in [0.05, 0.1) is 19.0 Å². The first kappa shape index (κ1) is 17.9. The summed E-state index contributed by atoms with van der Waals surface area (Å²) in [7, 11) is 1.59. The van der Waals surface area contributed by atoms with E-state index in [9.17, 15) is 0 Å². The Morgan fingerprint density at radius 3 is 2.58 bits per heavy atom. The minimum absolute atomic E-state index is 0.361. The van der Waals surface area contributed by atoms with Crippen molar-refractivity contribution in [3.8, 4) is 5.75 Å². The van der Waals surface area contributed by atoms with Crippen LogP contribution >= 0.6 is 11.6 Å². The zero-order valence-corrected chi connectivity index (χ0v) is 15.6. The number of ether oxygens (including phenoxy) is 1. The first-order valence-corrected chi connectivity index (χ1v) is 8.63. The molecule has 0 radical (unpaired) electrons. The van der Waals surface area contributed by atoms with Crippen molar-refractivity contribution in [2.45, 2.75) is 20.3 Å². The largest absolute Gasteiger partial charge is 0.495 e. The number of aryl methyl sites for hydroxylation is 2. The molecule has 0 aliphatic rings. The Morgan fingerprint density at radius 1 is 1.12 bits per heavy atom. The molecule has 0 saturated heterocycles. The molecular weight excluding hydrogens is 350 g/mol. The number of aromatic nitrogens is 3. The Bertz CT molecular complexity index is 899. The number of anilines is 4. The molecule has 0 unspecified atom stereocenters. The Kier molecular flexibility index (Phi) is 5.53. The molecule has 1 aromatic heterocycles. The molecule has 3 aromatic rings. The Morgan fingerprint density at radius 2 is 1.88 bits per heavy atom. The highest BCUT2D eigenvalue weighted by Crippen LogP contribution is 2.32. The van der Waals surface area contributed by atoms with Crippen LogP contribution in [0.1, 0.15) is 18.1 Å². The van der Waals surface area contributed by atoms with Crippen molar-refractivity contribution in [1.29, 1.82) is 0 Å². The molecule has 1 heterocycles. The number of hydrogen-bond acceptors (Lipinski definition) is 6. The Balaban J connectivity index is 1.80. The predicted molar refractivity (Wildman–Crippen MR) is 105 cm³/mol. The molecule has 0 spiro atoms. The van der Waals surface area contributed by atoms with Gasteiger partial charge < -0.3 is 15.4 Å². The van der Waals surface area contributed by atoms with Crippen molar-refractivity contribution in [2.24, 2.45) is 0 Å². The van der Waals surface area contributed by atoms with Gasteiger partial charge in [0.25, 0.3) is 0 Å². The lowest BCUT2D eigenvalue weighted by atomic mass is 10.1. The molecule has 2 aromatic carbocycles. The van der Waals surface area contributed by atoms with Crippen LogP contribution in [0.5, 0.6) is 5.75 Å². The van der Waals surface area contributed by atoms with Crippen LogP contribution in [0.15, 0.2) is 42.6 Å². The molecule has 0 fully saturated rings. The number of nitrogens with zero attached hydrogens (tertiary/aromatic N) is 3. The average molecular weight is 370 g/mol. The fourth-order valence-corrected chi connectivity index (χ4v) is 2.59. The van der Waals surface area contributed by atoms with Gasteiger partial charge in [-0.25, -0.2) is 0 Å². The van der Waals surface area contributed by atoms with Gasteiger partial charge in [0, 0.05) is 16.8 Å². The topological polar surface area (TPSA) is 72.0 Å². The van der Waals surface area contributed by atoms with E-state index < -0.39 is 0 Å². The molecule has 2 N–H and O–H groups in total. The Hall–Kier alpha value is -2.86. The lowest BCUT2D eigenvalue weighted by Gasteiger charge is -2.12. The summed E-state index contributed by atoms with van der Waals surface area (Å²) in [5.41, 5.74) is 3.87. The van der Waals surface area contributed by atoms with Crippen molar-refractivity contribution in [1.82, 2.24) is 15.2 Å². The molecular formula is C19H20ClN5O. The molecule has 6 nitrogen and oxygen atoms in total. The maximum Gasteiger partial charge on any atom is 0.249 e. The van der Waals surface area contributed by atoms with Gasteiger partial charge in [-0.05, 0) is 42.7 Å². The molecule has 7 heteroatoms. The molecule has 0 amide bonds. The van der Waals surface area contributed by atoms with E-state index in [1.807, 2.05) is 25.1 Å². The standard InChI is InChI=1S/C19H20ClN5O/c1-4-13-5-7-14(8-6-13)22-18-11-21-25-19(24-18)23-16-9-12(2)15(20)10-17(16)26-3/h5-11H,4H2,1-3H3,(H2,22,23,24,25). The number of nitrogens with one attached hydrogen (secondary N) is 2. The minimum atomic E-state index is 0.361. The van der Waals surface area contributed by atoms with Gasteiger partial charge in [-0.1, -0.05) is 30.7 Å². The van der Waals surface area contributed by atoms with E-state index in [1.165, 1.54) is 5.56 Å². The van der Waals surface area contributed by atoms with E-state index in [0.29, 0.717) is 22.5 Å². The fraction of sp³-hybridized carbons (Fsp3) is 0.211. The van der Waals surface area contributed by atoms with Gasteiger partial charge >= 0.3 is 0 Å². The summed E-state index contributed by atoms with van der Waals surface area (Å²) in [6.07, 6.45) is 2.58. The van der Waals surface area contributed by atoms with Crippen LogP contribution < -0.4 is 15.4 Å². The van der Waals surface area contributed by atoms with Gasteiger partial charge in [-0.2, -0.15) is 10.1 Å². The monoisotopic (exact) mass is 369 g/mol. The normalized spacial score (nSPS) is 10.5. The highest BCUT2D eigenvalue weighted by atomic mass is 35.5. The van der Waals surface area contributed by atoms with Gasteiger partial charge in [0.2, 0.25) is 5.95 Å². The zero-order valence-electron chi connectivity index (χ0n) is 14.9. The highest BCUT2D eigenvalue weighted by molar-refractivity contribution is 6.31. The van der Waals surface area contributed by atoms with E-state index in [4.69, 9.17) is 16.3 Å². The van der Waals surface area contributed by atoms with Crippen LogP contribution in [-0.2, 0) is 6.42 Å². The van der Waals surface area contributed by atoms with Crippen LogP contribution in [0, 0.1) is 6.92 Å². The molecule has 0 aliphatic heterocycles. The van der Waals surface area contributed by atoms with Gasteiger partial charge in [-0.3, -0.25) is 0 Å². The second-order valence-electron chi connectivity index (χ2n) is 5.77. The van der Waals surface area contributed by atoms with Crippen molar-refractivity contribution >= 4 is 34.7 Å². The third-order valence-electron chi connectivity index (χ3n) is 3.92. The van der Waals surface area contributed by atoms with Gasteiger partial charge in [0.1, 0.15) is 5.75 Å². The van der Waals surface area contributed by atoms with Gasteiger partial charge in [0.15, 0.2) is 5.82 Å². The first-order chi connectivity index (χ1) is 12.6. The maximum atomic E-state index is 6.14. The third kappa shape index (κ3) is 4.21. The summed E-state index contributed by atoms with van der Waals surface area (Å²) in [6.45, 7) is 4.05. The SMILES string of the molecule is CCc1ccc(Nc2cnnc(Nc3cc(C)c(Cl)cc3OC)n2)cc1. The lowest BCUT2D eigenvalue weighted by Crippen LogP contribution is -2.03. The maximum absolute atomic E-state index is 6.14. The summed E-state index contributed by atoms with van der Waals surface area (Å²) in [6, 6.07) is 11.8. The molecule has 0 saturated carbocycles. The van der Waals surface area contributed by atoms with Crippen molar-refractivity contribution in [2.75, 3.05) is 17.7 Å². The van der Waals surface area contributed by atoms with E-state index in [0.717, 1.165) is 23.4 Å². The van der Waals surface area contributed by atoms with E-state index in [2.05, 4.69) is 44.9 Å². The first-order valence-electron chi connectivity index (χ1n) is 8.26. The second-order valence-corrected chi connectivity index (χ2v) is 6.17. The molecule has 3 rings (SSSR count). The highest BCUT2D eigenvalue weighted by Gasteiger charge is 2.09. The van der Waals surface area contributed by atoms with Crippen molar-refractivity contribution in [3.63, 3.8) is 0 Å². The lowest BCUT2D eigenvalue weighted by molar-refractivity contribution is 0.416. The number of hydrogen-bond donors (Lipinski definition) is 2. The zero-order chi connectivity index (χ0) is 18.5. The summed E-state index contributed by atoms with van der Waals surface area (Å²) < 4.78 is 5.36. The van der Waals surface area contributed by atoms with Crippen LogP contribution in [0.3, 0.4) is 0 Å². The summed E-state index contributed by atoms with van der Waals surface area (Å²) in [4.78, 5) is 4.45. The van der Waals surface area contributed by atoms with Crippen LogP contribution in [-0.4, -0.2) is 22.3 Å². The van der Waals surface area contributed by atoms with Crippen LogP contribution in [0.4, 0.5) is 23.1 Å². The molecule has 0 bridgehead atoms. The molecule has 26 heavy (non-hydrogen) atoms. The van der Waals surface area contributed by atoms with E-state index >= 15 is 0 Å². The van der Waals surface area contributed by atoms with Crippen LogP contribution in [0.2, 0.25) is 5.02 Å². The molecule has 0 atom stereocenters.